The Hall–Kier alpha value is -2.36. The van der Waals surface area contributed by atoms with Crippen LogP contribution >= 0.6 is 0 Å². The number of hydrogen-bond donors (Lipinski definition) is 1. The third kappa shape index (κ3) is 4.07. The number of aryl methyl sites for hydroxylation is 2. The van der Waals surface area contributed by atoms with Crippen LogP contribution in [-0.4, -0.2) is 17.6 Å². The molecule has 0 unspecified atom stereocenters. The summed E-state index contributed by atoms with van der Waals surface area (Å²) in [5.41, 5.74) is 4.31. The summed E-state index contributed by atoms with van der Waals surface area (Å²) in [7, 11) is 0. The van der Waals surface area contributed by atoms with Gasteiger partial charge in [0.2, 0.25) is 0 Å². The third-order valence-corrected chi connectivity index (χ3v) is 3.64. The molecule has 4 heteroatoms. The molecule has 0 radical (unpaired) electrons. The van der Waals surface area contributed by atoms with Crippen LogP contribution in [0.1, 0.15) is 30.0 Å². The molecule has 1 aromatic carbocycles. The van der Waals surface area contributed by atoms with Gasteiger partial charge in [-0.15, -0.1) is 0 Å². The number of urea groups is 1. The second kappa shape index (κ2) is 7.59. The minimum absolute atomic E-state index is 0.0750. The highest BCUT2D eigenvalue weighted by Crippen LogP contribution is 2.21. The van der Waals surface area contributed by atoms with Crippen molar-refractivity contribution >= 4 is 11.7 Å². The fourth-order valence-corrected chi connectivity index (χ4v) is 2.18. The molecule has 1 aromatic heterocycles. The van der Waals surface area contributed by atoms with E-state index in [-0.39, 0.29) is 6.03 Å². The van der Waals surface area contributed by atoms with Gasteiger partial charge in [-0.05, 0) is 55.2 Å². The lowest BCUT2D eigenvalue weighted by atomic mass is 10.1. The quantitative estimate of drug-likeness (QED) is 0.911. The number of nitrogens with one attached hydrogen (secondary N) is 1. The van der Waals surface area contributed by atoms with Crippen LogP contribution in [0.15, 0.2) is 42.7 Å². The normalized spacial score (nSPS) is 10.3. The van der Waals surface area contributed by atoms with Gasteiger partial charge in [-0.1, -0.05) is 19.1 Å². The van der Waals surface area contributed by atoms with Gasteiger partial charge in [0.1, 0.15) is 0 Å². The lowest BCUT2D eigenvalue weighted by Gasteiger charge is -2.24. The van der Waals surface area contributed by atoms with Crippen molar-refractivity contribution in [3.05, 3.63) is 59.4 Å². The van der Waals surface area contributed by atoms with Crippen LogP contribution in [0.5, 0.6) is 0 Å². The molecule has 0 atom stereocenters. The second-order valence-electron chi connectivity index (χ2n) is 5.45. The van der Waals surface area contributed by atoms with E-state index in [1.54, 1.807) is 17.3 Å². The lowest BCUT2D eigenvalue weighted by Crippen LogP contribution is -2.40. The number of aromatic nitrogens is 1. The first-order chi connectivity index (χ1) is 10.6. The fraction of sp³-hybridized carbons (Fsp3) is 0.333. The van der Waals surface area contributed by atoms with Crippen molar-refractivity contribution in [2.24, 2.45) is 0 Å². The second-order valence-corrected chi connectivity index (χ2v) is 5.45. The molecular formula is C18H23N3O. The van der Waals surface area contributed by atoms with Crippen LogP contribution in [-0.2, 0) is 6.54 Å². The van der Waals surface area contributed by atoms with Gasteiger partial charge >= 0.3 is 6.03 Å². The van der Waals surface area contributed by atoms with E-state index < -0.39 is 0 Å². The Labute approximate surface area is 132 Å². The molecule has 2 rings (SSSR count). The maximum Gasteiger partial charge on any atom is 0.322 e. The van der Waals surface area contributed by atoms with Gasteiger partial charge in [-0.2, -0.15) is 0 Å². The molecule has 0 aliphatic carbocycles. The van der Waals surface area contributed by atoms with Crippen molar-refractivity contribution in [2.45, 2.75) is 33.7 Å². The molecule has 0 fully saturated rings. The van der Waals surface area contributed by atoms with Gasteiger partial charge in [-0.25, -0.2) is 4.79 Å². The molecule has 116 valence electrons. The van der Waals surface area contributed by atoms with Crippen molar-refractivity contribution in [3.8, 4) is 0 Å². The third-order valence-electron chi connectivity index (χ3n) is 3.64. The van der Waals surface area contributed by atoms with Crippen LogP contribution in [0.3, 0.4) is 0 Å². The molecule has 0 saturated carbocycles. The Kier molecular flexibility index (Phi) is 5.53. The number of anilines is 1. The molecule has 22 heavy (non-hydrogen) atoms. The molecule has 0 saturated heterocycles. The molecular weight excluding hydrogens is 274 g/mol. The van der Waals surface area contributed by atoms with Gasteiger partial charge in [-0.3, -0.25) is 9.88 Å². The summed E-state index contributed by atoms with van der Waals surface area (Å²) < 4.78 is 0. The monoisotopic (exact) mass is 297 g/mol. The van der Waals surface area contributed by atoms with E-state index in [1.165, 1.54) is 11.1 Å². The average Bonchev–Trinajstić information content (AvgIpc) is 2.54. The summed E-state index contributed by atoms with van der Waals surface area (Å²) in [5.74, 6) is 0. The van der Waals surface area contributed by atoms with Gasteiger partial charge in [0.25, 0.3) is 0 Å². The zero-order chi connectivity index (χ0) is 15.9. The zero-order valence-corrected chi connectivity index (χ0v) is 13.5. The number of amides is 2. The summed E-state index contributed by atoms with van der Waals surface area (Å²) in [6, 6.07) is 9.88. The molecule has 1 heterocycles. The molecule has 2 amide bonds. The summed E-state index contributed by atoms with van der Waals surface area (Å²) in [6.45, 7) is 7.35. The van der Waals surface area contributed by atoms with Crippen LogP contribution in [0.4, 0.5) is 10.5 Å². The number of carbonyl (C=O) groups is 1. The average molecular weight is 297 g/mol. The van der Waals surface area contributed by atoms with Crippen LogP contribution in [0.25, 0.3) is 0 Å². The Morgan fingerprint density at radius 1 is 1.23 bits per heavy atom. The first-order valence-corrected chi connectivity index (χ1v) is 7.63. The topological polar surface area (TPSA) is 45.2 Å². The SMILES string of the molecule is CCCNC(=O)N(Cc1cccnc1)c1ccc(C)c(C)c1. The number of nitrogens with zero attached hydrogens (tertiary/aromatic N) is 2. The van der Waals surface area contributed by atoms with Gasteiger partial charge in [0.05, 0.1) is 6.54 Å². The van der Waals surface area contributed by atoms with E-state index in [4.69, 9.17) is 0 Å². The highest BCUT2D eigenvalue weighted by atomic mass is 16.2. The largest absolute Gasteiger partial charge is 0.338 e. The zero-order valence-electron chi connectivity index (χ0n) is 13.5. The summed E-state index contributed by atoms with van der Waals surface area (Å²) in [5, 5.41) is 2.95. The summed E-state index contributed by atoms with van der Waals surface area (Å²) in [6.07, 6.45) is 4.45. The molecule has 2 aromatic rings. The number of pyridine rings is 1. The summed E-state index contributed by atoms with van der Waals surface area (Å²) >= 11 is 0. The first kappa shape index (κ1) is 16.0. The van der Waals surface area contributed by atoms with E-state index in [0.29, 0.717) is 13.1 Å². The highest BCUT2D eigenvalue weighted by molar-refractivity contribution is 5.92. The molecule has 4 nitrogen and oxygen atoms in total. The first-order valence-electron chi connectivity index (χ1n) is 7.63. The van der Waals surface area contributed by atoms with E-state index in [1.807, 2.05) is 31.2 Å². The van der Waals surface area contributed by atoms with E-state index in [0.717, 1.165) is 17.7 Å². The van der Waals surface area contributed by atoms with Crippen molar-refractivity contribution in [1.82, 2.24) is 10.3 Å². The molecule has 0 aliphatic heterocycles. The number of benzene rings is 1. The predicted molar refractivity (Wildman–Crippen MR) is 90.0 cm³/mol. The maximum atomic E-state index is 12.5. The molecule has 0 aliphatic rings. The smallest absolute Gasteiger partial charge is 0.322 e. The van der Waals surface area contributed by atoms with E-state index in [9.17, 15) is 4.79 Å². The molecule has 0 bridgehead atoms. The minimum Gasteiger partial charge on any atom is -0.338 e. The number of hydrogen-bond acceptors (Lipinski definition) is 2. The Morgan fingerprint density at radius 3 is 2.68 bits per heavy atom. The maximum absolute atomic E-state index is 12.5. The van der Waals surface area contributed by atoms with Gasteiger partial charge in [0.15, 0.2) is 0 Å². The van der Waals surface area contributed by atoms with Crippen molar-refractivity contribution in [1.29, 1.82) is 0 Å². The van der Waals surface area contributed by atoms with Gasteiger partial charge in [0, 0.05) is 24.6 Å². The predicted octanol–water partition coefficient (Wildman–Crippen LogP) is 3.82. The van der Waals surface area contributed by atoms with Crippen LogP contribution in [0.2, 0.25) is 0 Å². The minimum atomic E-state index is -0.0750. The van der Waals surface area contributed by atoms with Crippen molar-refractivity contribution in [3.63, 3.8) is 0 Å². The van der Waals surface area contributed by atoms with Gasteiger partial charge < -0.3 is 5.32 Å². The van der Waals surface area contributed by atoms with E-state index in [2.05, 4.69) is 30.2 Å². The lowest BCUT2D eigenvalue weighted by molar-refractivity contribution is 0.246. The van der Waals surface area contributed by atoms with Crippen molar-refractivity contribution < 1.29 is 4.79 Å². The number of rotatable bonds is 5. The fourth-order valence-electron chi connectivity index (χ4n) is 2.18. The Morgan fingerprint density at radius 2 is 2.05 bits per heavy atom. The van der Waals surface area contributed by atoms with E-state index >= 15 is 0 Å². The standard InChI is InChI=1S/C18H23N3O/c1-4-9-20-18(22)21(13-16-6-5-10-19-12-16)17-8-7-14(2)15(3)11-17/h5-8,10-12H,4,9,13H2,1-3H3,(H,20,22). The Balaban J connectivity index is 2.27. The highest BCUT2D eigenvalue weighted by Gasteiger charge is 2.16. The summed E-state index contributed by atoms with van der Waals surface area (Å²) in [4.78, 5) is 18.4. The van der Waals surface area contributed by atoms with Crippen LogP contribution in [0, 0.1) is 13.8 Å². The Bertz CT molecular complexity index is 625. The number of carbonyl (C=O) groups excluding carboxylic acids is 1. The van der Waals surface area contributed by atoms with Crippen molar-refractivity contribution in [2.75, 3.05) is 11.4 Å². The van der Waals surface area contributed by atoms with Crippen LogP contribution < -0.4 is 10.2 Å². The molecule has 0 spiro atoms. The molecule has 1 N–H and O–H groups in total.